The molecule has 22 heavy (non-hydrogen) atoms. The number of rotatable bonds is 6. The van der Waals surface area contributed by atoms with Crippen molar-refractivity contribution in [2.24, 2.45) is 0 Å². The van der Waals surface area contributed by atoms with Crippen LogP contribution in [0.2, 0.25) is 0 Å². The van der Waals surface area contributed by atoms with Crippen molar-refractivity contribution in [3.05, 3.63) is 34.3 Å². The maximum Gasteiger partial charge on any atom is 0.259 e. The second kappa shape index (κ2) is 6.87. The summed E-state index contributed by atoms with van der Waals surface area (Å²) in [6.07, 6.45) is 5.19. The smallest absolute Gasteiger partial charge is 0.259 e. The van der Waals surface area contributed by atoms with Gasteiger partial charge in [0, 0.05) is 4.88 Å². The van der Waals surface area contributed by atoms with E-state index in [9.17, 15) is 8.42 Å². The molecule has 0 radical (unpaired) electrons. The van der Waals surface area contributed by atoms with Gasteiger partial charge in [-0.1, -0.05) is 12.0 Å². The Hall–Kier alpha value is -1.95. The van der Waals surface area contributed by atoms with Crippen LogP contribution in [0, 0.1) is 19.3 Å². The highest BCUT2D eigenvalue weighted by Gasteiger charge is 2.18. The minimum Gasteiger partial charge on any atom is -0.365 e. The van der Waals surface area contributed by atoms with Crippen molar-refractivity contribution in [3.63, 3.8) is 0 Å². The summed E-state index contributed by atoms with van der Waals surface area (Å²) in [6.45, 7) is 4.06. The van der Waals surface area contributed by atoms with E-state index >= 15 is 0 Å². The monoisotopic (exact) mass is 336 g/mol. The molecule has 0 amide bonds. The van der Waals surface area contributed by atoms with E-state index < -0.39 is 16.1 Å². The first-order valence-electron chi connectivity index (χ1n) is 6.50. The summed E-state index contributed by atoms with van der Waals surface area (Å²) in [4.78, 5) is 9.35. The minimum absolute atomic E-state index is 0.0689. The Bertz CT molecular complexity index is 793. The number of anilines is 1. The quantitative estimate of drug-likeness (QED) is 0.785. The highest BCUT2D eigenvalue weighted by molar-refractivity contribution is 7.89. The molecular weight excluding hydrogens is 320 g/mol. The third-order valence-corrected chi connectivity index (χ3v) is 5.23. The lowest BCUT2D eigenvalue weighted by molar-refractivity contribution is 0.574. The number of nitrogens with one attached hydrogen (secondary N) is 2. The first kappa shape index (κ1) is 16.4. The van der Waals surface area contributed by atoms with Crippen molar-refractivity contribution >= 4 is 27.2 Å². The van der Waals surface area contributed by atoms with Gasteiger partial charge in [0.1, 0.15) is 5.82 Å². The molecule has 0 aliphatic rings. The molecule has 1 unspecified atom stereocenters. The molecule has 0 bridgehead atoms. The van der Waals surface area contributed by atoms with Crippen molar-refractivity contribution in [1.29, 1.82) is 0 Å². The number of nitrogens with zero attached hydrogens (tertiary/aromatic N) is 2. The standard InChI is InChI=1S/C14H16N4O2S2/c1-4-10(2)18-22(19,20)14-7-5-6-13(17-14)15-8-12-11(3)16-9-21-12/h1,5-7,9-10,18H,8H2,2-3H3,(H,15,17). The summed E-state index contributed by atoms with van der Waals surface area (Å²) in [5, 5.41) is 3.03. The second-order valence-corrected chi connectivity index (χ2v) is 7.19. The predicted molar refractivity (Wildman–Crippen MR) is 87.0 cm³/mol. The van der Waals surface area contributed by atoms with Crippen molar-refractivity contribution < 1.29 is 8.42 Å². The number of hydrogen-bond donors (Lipinski definition) is 2. The van der Waals surface area contributed by atoms with Crippen molar-refractivity contribution in [1.82, 2.24) is 14.7 Å². The molecule has 0 aliphatic heterocycles. The summed E-state index contributed by atoms with van der Waals surface area (Å²) in [5.74, 6) is 2.79. The zero-order valence-electron chi connectivity index (χ0n) is 12.2. The van der Waals surface area contributed by atoms with Crippen LogP contribution < -0.4 is 10.0 Å². The molecule has 2 aromatic heterocycles. The van der Waals surface area contributed by atoms with Crippen molar-refractivity contribution in [2.45, 2.75) is 31.5 Å². The van der Waals surface area contributed by atoms with Crippen LogP contribution in [0.15, 0.2) is 28.7 Å². The Morgan fingerprint density at radius 1 is 1.45 bits per heavy atom. The van der Waals surface area contributed by atoms with Gasteiger partial charge in [0.05, 0.1) is 23.8 Å². The molecule has 6 nitrogen and oxygen atoms in total. The third kappa shape index (κ3) is 4.04. The molecule has 2 heterocycles. The molecule has 2 N–H and O–H groups in total. The molecule has 8 heteroatoms. The van der Waals surface area contributed by atoms with Gasteiger partial charge in [-0.25, -0.2) is 18.4 Å². The van der Waals surface area contributed by atoms with E-state index in [1.54, 1.807) is 24.6 Å². The maximum absolute atomic E-state index is 12.1. The van der Waals surface area contributed by atoms with Gasteiger partial charge in [-0.05, 0) is 26.0 Å². The van der Waals surface area contributed by atoms with Crippen LogP contribution >= 0.6 is 11.3 Å². The van der Waals surface area contributed by atoms with Gasteiger partial charge in [0.25, 0.3) is 10.0 Å². The predicted octanol–water partition coefficient (Wildman–Crippen LogP) is 1.76. The highest BCUT2D eigenvalue weighted by Crippen LogP contribution is 2.15. The molecule has 0 spiro atoms. The van der Waals surface area contributed by atoms with Crippen LogP contribution in [-0.4, -0.2) is 24.4 Å². The van der Waals surface area contributed by atoms with Crippen molar-refractivity contribution in [3.8, 4) is 12.3 Å². The van der Waals surface area contributed by atoms with Gasteiger partial charge in [-0.15, -0.1) is 17.8 Å². The molecule has 116 valence electrons. The number of pyridine rings is 1. The van der Waals surface area contributed by atoms with Gasteiger partial charge in [-0.3, -0.25) is 0 Å². The lowest BCUT2D eigenvalue weighted by Gasteiger charge is -2.10. The van der Waals surface area contributed by atoms with Crippen LogP contribution in [-0.2, 0) is 16.6 Å². The van der Waals surface area contributed by atoms with E-state index in [4.69, 9.17) is 6.42 Å². The van der Waals surface area contributed by atoms with Crippen LogP contribution in [0.25, 0.3) is 0 Å². The van der Waals surface area contributed by atoms with E-state index in [-0.39, 0.29) is 5.03 Å². The maximum atomic E-state index is 12.1. The Labute approximate surface area is 134 Å². The van der Waals surface area contributed by atoms with Crippen LogP contribution in [0.3, 0.4) is 0 Å². The summed E-state index contributed by atoms with van der Waals surface area (Å²) in [5.41, 5.74) is 2.72. The summed E-state index contributed by atoms with van der Waals surface area (Å²) in [7, 11) is -3.73. The molecule has 0 aromatic carbocycles. The molecule has 0 saturated carbocycles. The summed E-state index contributed by atoms with van der Waals surface area (Å²) in [6, 6.07) is 4.17. The first-order chi connectivity index (χ1) is 10.4. The lowest BCUT2D eigenvalue weighted by atomic mass is 10.4. The molecule has 2 rings (SSSR count). The third-order valence-electron chi connectivity index (χ3n) is 2.86. The Kier molecular flexibility index (Phi) is 5.13. The molecule has 0 aliphatic carbocycles. The van der Waals surface area contributed by atoms with Gasteiger partial charge in [-0.2, -0.15) is 4.72 Å². The van der Waals surface area contributed by atoms with Crippen LogP contribution in [0.1, 0.15) is 17.5 Å². The zero-order valence-corrected chi connectivity index (χ0v) is 13.8. The number of aromatic nitrogens is 2. The zero-order chi connectivity index (χ0) is 16.2. The minimum atomic E-state index is -3.73. The van der Waals surface area contributed by atoms with Gasteiger partial charge >= 0.3 is 0 Å². The van der Waals surface area contributed by atoms with E-state index in [0.717, 1.165) is 10.6 Å². The van der Waals surface area contributed by atoms with E-state index in [2.05, 4.69) is 25.9 Å². The number of aryl methyl sites for hydroxylation is 1. The largest absolute Gasteiger partial charge is 0.365 e. The fraction of sp³-hybridized carbons (Fsp3) is 0.286. The topological polar surface area (TPSA) is 84.0 Å². The Balaban J connectivity index is 2.13. The highest BCUT2D eigenvalue weighted by atomic mass is 32.2. The van der Waals surface area contributed by atoms with Gasteiger partial charge < -0.3 is 5.32 Å². The van der Waals surface area contributed by atoms with E-state index in [1.807, 2.05) is 6.92 Å². The van der Waals surface area contributed by atoms with Crippen LogP contribution in [0.5, 0.6) is 0 Å². The van der Waals surface area contributed by atoms with Crippen molar-refractivity contribution in [2.75, 3.05) is 5.32 Å². The van der Waals surface area contributed by atoms with Crippen LogP contribution in [0.4, 0.5) is 5.82 Å². The Morgan fingerprint density at radius 3 is 2.86 bits per heavy atom. The first-order valence-corrected chi connectivity index (χ1v) is 8.87. The Morgan fingerprint density at radius 2 is 2.23 bits per heavy atom. The average molecular weight is 336 g/mol. The number of terminal acetylenes is 1. The molecular formula is C14H16N4O2S2. The second-order valence-electron chi connectivity index (χ2n) is 4.59. The molecule has 0 saturated heterocycles. The lowest BCUT2D eigenvalue weighted by Crippen LogP contribution is -2.32. The van der Waals surface area contributed by atoms with Gasteiger partial charge in [0.2, 0.25) is 0 Å². The fourth-order valence-electron chi connectivity index (χ4n) is 1.66. The summed E-state index contributed by atoms with van der Waals surface area (Å²) >= 11 is 1.54. The van der Waals surface area contributed by atoms with E-state index in [0.29, 0.717) is 12.4 Å². The number of hydrogen-bond acceptors (Lipinski definition) is 6. The van der Waals surface area contributed by atoms with E-state index in [1.165, 1.54) is 17.4 Å². The normalized spacial score (nSPS) is 12.6. The molecule has 0 fully saturated rings. The number of thiazole rings is 1. The average Bonchev–Trinajstić information content (AvgIpc) is 2.90. The fourth-order valence-corrected chi connectivity index (χ4v) is 3.50. The summed E-state index contributed by atoms with van der Waals surface area (Å²) < 4.78 is 26.6. The van der Waals surface area contributed by atoms with Gasteiger partial charge in [0.15, 0.2) is 5.03 Å². The molecule has 1 atom stereocenters. The molecule has 2 aromatic rings. The number of sulfonamides is 1. The SMILES string of the molecule is C#CC(C)NS(=O)(=O)c1cccc(NCc2scnc2C)n1.